The van der Waals surface area contributed by atoms with Gasteiger partial charge < -0.3 is 24.0 Å². The van der Waals surface area contributed by atoms with Crippen molar-refractivity contribution in [3.8, 4) is 0 Å². The van der Waals surface area contributed by atoms with Crippen molar-refractivity contribution in [3.63, 3.8) is 0 Å². The van der Waals surface area contributed by atoms with E-state index in [4.69, 9.17) is 9.15 Å². The molecule has 0 spiro atoms. The highest BCUT2D eigenvalue weighted by Crippen LogP contribution is 2.19. The number of carboxylic acid groups (broad SMARTS) is 1. The summed E-state index contributed by atoms with van der Waals surface area (Å²) in [4.78, 5) is 24.8. The second kappa shape index (κ2) is 6.76. The van der Waals surface area contributed by atoms with Gasteiger partial charge in [0.25, 0.3) is 5.91 Å². The monoisotopic (exact) mass is 294 g/mol. The van der Waals surface area contributed by atoms with E-state index in [1.54, 1.807) is 19.9 Å². The number of carbonyl (C=O) groups excluding carboxylic acids is 2. The smallest absolute Gasteiger partial charge is 0.257 e. The molecule has 1 aromatic rings. The molecule has 0 bridgehead atoms. The van der Waals surface area contributed by atoms with Crippen LogP contribution < -0.4 is 5.11 Å². The fraction of sp³-hybridized carbons (Fsp3) is 0.600. The third-order valence-electron chi connectivity index (χ3n) is 3.59. The Morgan fingerprint density at radius 3 is 2.71 bits per heavy atom. The van der Waals surface area contributed by atoms with Crippen molar-refractivity contribution in [1.29, 1.82) is 0 Å². The van der Waals surface area contributed by atoms with Crippen LogP contribution in [0.3, 0.4) is 0 Å². The van der Waals surface area contributed by atoms with Crippen LogP contribution in [0.4, 0.5) is 0 Å². The number of ether oxygens (including phenoxy) is 1. The molecule has 0 saturated carbocycles. The Balaban J connectivity index is 2.10. The molecule has 116 valence electrons. The van der Waals surface area contributed by atoms with Crippen LogP contribution in [0.15, 0.2) is 10.5 Å². The van der Waals surface area contributed by atoms with Gasteiger partial charge in [-0.3, -0.25) is 4.79 Å². The minimum absolute atomic E-state index is 0.0241. The Labute approximate surface area is 123 Å². The third-order valence-corrected chi connectivity index (χ3v) is 3.59. The molecule has 1 amide bonds. The van der Waals surface area contributed by atoms with E-state index in [9.17, 15) is 14.7 Å². The Morgan fingerprint density at radius 1 is 1.43 bits per heavy atom. The molecule has 1 aliphatic rings. The molecule has 0 N–H and O–H groups in total. The maximum Gasteiger partial charge on any atom is 0.257 e. The zero-order valence-corrected chi connectivity index (χ0v) is 12.4. The van der Waals surface area contributed by atoms with E-state index < -0.39 is 5.97 Å². The third kappa shape index (κ3) is 4.07. The van der Waals surface area contributed by atoms with Crippen LogP contribution in [0.2, 0.25) is 0 Å². The van der Waals surface area contributed by atoms with Crippen LogP contribution in [0.1, 0.15) is 41.1 Å². The molecular weight excluding hydrogens is 274 g/mol. The van der Waals surface area contributed by atoms with E-state index in [1.807, 2.05) is 0 Å². The van der Waals surface area contributed by atoms with E-state index in [1.165, 1.54) is 4.90 Å². The lowest BCUT2D eigenvalue weighted by molar-refractivity contribution is -0.305. The second-order valence-electron chi connectivity index (χ2n) is 5.34. The maximum atomic E-state index is 12.6. The van der Waals surface area contributed by atoms with Gasteiger partial charge in [-0.1, -0.05) is 0 Å². The summed E-state index contributed by atoms with van der Waals surface area (Å²) in [6, 6.07) is 1.68. The highest BCUT2D eigenvalue weighted by molar-refractivity contribution is 5.95. The van der Waals surface area contributed by atoms with Crippen LogP contribution in [-0.4, -0.2) is 42.6 Å². The van der Waals surface area contributed by atoms with Crippen molar-refractivity contribution < 1.29 is 23.8 Å². The molecule has 0 unspecified atom stereocenters. The van der Waals surface area contributed by atoms with E-state index in [2.05, 4.69) is 0 Å². The average molecular weight is 294 g/mol. The molecule has 1 aliphatic heterocycles. The molecule has 1 atom stereocenters. The van der Waals surface area contributed by atoms with Crippen LogP contribution in [0.5, 0.6) is 0 Å². The van der Waals surface area contributed by atoms with Gasteiger partial charge in [0.1, 0.15) is 11.5 Å². The Morgan fingerprint density at radius 2 is 2.19 bits per heavy atom. The van der Waals surface area contributed by atoms with Crippen molar-refractivity contribution in [2.24, 2.45) is 0 Å². The minimum Gasteiger partial charge on any atom is -0.550 e. The molecule has 0 radical (unpaired) electrons. The summed E-state index contributed by atoms with van der Waals surface area (Å²) in [6.07, 6.45) is 1.65. The number of furan rings is 1. The predicted octanol–water partition coefficient (Wildman–Crippen LogP) is 0.658. The first-order chi connectivity index (χ1) is 9.97. The molecule has 6 nitrogen and oxygen atoms in total. The first kappa shape index (κ1) is 15.6. The lowest BCUT2D eigenvalue weighted by Gasteiger charge is -2.25. The molecule has 1 saturated heterocycles. The lowest BCUT2D eigenvalue weighted by atomic mass is 10.1. The number of amides is 1. The first-order valence-electron chi connectivity index (χ1n) is 7.15. The molecule has 21 heavy (non-hydrogen) atoms. The molecule has 2 heterocycles. The van der Waals surface area contributed by atoms with E-state index >= 15 is 0 Å². The van der Waals surface area contributed by atoms with Gasteiger partial charge in [0.05, 0.1) is 11.7 Å². The SMILES string of the molecule is Cc1cc(C(=O)N(CCC(=O)[O-])C[C@H]2CCCO2)c(C)o1. The van der Waals surface area contributed by atoms with Gasteiger partial charge in [-0.2, -0.15) is 0 Å². The van der Waals surface area contributed by atoms with Crippen LogP contribution >= 0.6 is 0 Å². The maximum absolute atomic E-state index is 12.6. The highest BCUT2D eigenvalue weighted by Gasteiger charge is 2.25. The predicted molar refractivity (Wildman–Crippen MR) is 72.7 cm³/mol. The number of nitrogens with zero attached hydrogens (tertiary/aromatic N) is 1. The standard InChI is InChI=1S/C15H21NO5/c1-10-8-13(11(2)21-10)15(19)16(6-5-14(17)18)9-12-4-3-7-20-12/h8,12H,3-7,9H2,1-2H3,(H,17,18)/p-1/t12-/m1/s1. The summed E-state index contributed by atoms with van der Waals surface area (Å²) >= 11 is 0. The zero-order valence-electron chi connectivity index (χ0n) is 12.4. The minimum atomic E-state index is -1.17. The summed E-state index contributed by atoms with van der Waals surface area (Å²) in [5, 5.41) is 10.7. The fourth-order valence-electron chi connectivity index (χ4n) is 2.55. The summed E-state index contributed by atoms with van der Waals surface area (Å²) in [7, 11) is 0. The zero-order chi connectivity index (χ0) is 15.4. The van der Waals surface area contributed by atoms with Crippen molar-refractivity contribution >= 4 is 11.9 Å². The van der Waals surface area contributed by atoms with Crippen molar-refractivity contribution in [2.45, 2.75) is 39.2 Å². The van der Waals surface area contributed by atoms with Crippen molar-refractivity contribution in [3.05, 3.63) is 23.2 Å². The molecule has 0 aromatic carbocycles. The second-order valence-corrected chi connectivity index (χ2v) is 5.34. The fourth-order valence-corrected chi connectivity index (χ4v) is 2.55. The van der Waals surface area contributed by atoms with Gasteiger partial charge in [-0.15, -0.1) is 0 Å². The Bertz CT molecular complexity index is 516. The number of hydrogen-bond acceptors (Lipinski definition) is 5. The van der Waals surface area contributed by atoms with Crippen LogP contribution in [0, 0.1) is 13.8 Å². The van der Waals surface area contributed by atoms with E-state index in [0.29, 0.717) is 30.2 Å². The van der Waals surface area contributed by atoms with Gasteiger partial charge in [0.2, 0.25) is 0 Å². The number of carboxylic acids is 1. The molecule has 6 heteroatoms. The summed E-state index contributed by atoms with van der Waals surface area (Å²) < 4.78 is 10.9. The van der Waals surface area contributed by atoms with Crippen molar-refractivity contribution in [1.82, 2.24) is 4.90 Å². The molecule has 1 fully saturated rings. The number of carbonyl (C=O) groups is 2. The van der Waals surface area contributed by atoms with E-state index in [-0.39, 0.29) is 25.0 Å². The molecule has 2 rings (SSSR count). The first-order valence-corrected chi connectivity index (χ1v) is 7.15. The van der Waals surface area contributed by atoms with Gasteiger partial charge >= 0.3 is 0 Å². The van der Waals surface area contributed by atoms with Crippen LogP contribution in [-0.2, 0) is 9.53 Å². The summed E-state index contributed by atoms with van der Waals surface area (Å²) in [5.74, 6) is -0.183. The van der Waals surface area contributed by atoms with E-state index in [0.717, 1.165) is 12.8 Å². The number of hydrogen-bond donors (Lipinski definition) is 0. The molecular formula is C15H20NO5-. The summed E-state index contributed by atoms with van der Waals surface area (Å²) in [5.41, 5.74) is 0.476. The highest BCUT2D eigenvalue weighted by atomic mass is 16.5. The van der Waals surface area contributed by atoms with Gasteiger partial charge in [0.15, 0.2) is 0 Å². The number of aliphatic carboxylic acids is 1. The van der Waals surface area contributed by atoms with Gasteiger partial charge in [-0.05, 0) is 32.8 Å². The lowest BCUT2D eigenvalue weighted by Crippen LogP contribution is -2.40. The number of rotatable bonds is 6. The average Bonchev–Trinajstić information content (AvgIpc) is 3.03. The quantitative estimate of drug-likeness (QED) is 0.769. The summed E-state index contributed by atoms with van der Waals surface area (Å²) in [6.45, 7) is 4.70. The normalized spacial score (nSPS) is 17.9. The van der Waals surface area contributed by atoms with Gasteiger partial charge in [0, 0.05) is 32.1 Å². The van der Waals surface area contributed by atoms with Crippen LogP contribution in [0.25, 0.3) is 0 Å². The molecule has 1 aromatic heterocycles. The topological polar surface area (TPSA) is 82.8 Å². The van der Waals surface area contributed by atoms with Crippen molar-refractivity contribution in [2.75, 3.05) is 19.7 Å². The Kier molecular flexibility index (Phi) is 5.01. The number of aryl methyl sites for hydroxylation is 2. The molecule has 0 aliphatic carbocycles. The Hall–Kier alpha value is -1.82. The van der Waals surface area contributed by atoms with Gasteiger partial charge in [-0.25, -0.2) is 0 Å². The largest absolute Gasteiger partial charge is 0.550 e.